The lowest BCUT2D eigenvalue weighted by Gasteiger charge is -2.20. The lowest BCUT2D eigenvalue weighted by molar-refractivity contribution is 0.214. The van der Waals surface area contributed by atoms with Crippen molar-refractivity contribution in [3.63, 3.8) is 0 Å². The molecule has 2 atom stereocenters. The number of amides is 2. The Morgan fingerprint density at radius 3 is 2.78 bits per heavy atom. The number of aliphatic hydroxyl groups excluding tert-OH is 1. The second-order valence-corrected chi connectivity index (χ2v) is 5.70. The van der Waals surface area contributed by atoms with Crippen molar-refractivity contribution < 1.29 is 14.3 Å². The number of nitrogens with one attached hydrogen (secondary N) is 2. The third-order valence-electron chi connectivity index (χ3n) is 4.18. The van der Waals surface area contributed by atoms with Crippen LogP contribution in [-0.4, -0.2) is 17.7 Å². The number of carbonyl (C=O) groups is 1. The standard InChI is InChI=1S/C18H19FN2O2/c19-14-7-8-15-13(10-14)6-9-16(15)20-18(23)21-17(11-22)12-4-2-1-3-5-12/h1-5,7-8,10,16-17,22H,6,9,11H2,(H2,20,21,23)/t16?,17-/m1/s1. The van der Waals surface area contributed by atoms with Crippen molar-refractivity contribution in [2.75, 3.05) is 6.61 Å². The van der Waals surface area contributed by atoms with Crippen molar-refractivity contribution in [2.45, 2.75) is 24.9 Å². The Morgan fingerprint density at radius 1 is 1.26 bits per heavy atom. The molecule has 0 saturated carbocycles. The molecule has 0 aromatic heterocycles. The molecule has 5 heteroatoms. The fourth-order valence-corrected chi connectivity index (χ4v) is 3.01. The average Bonchev–Trinajstić information content (AvgIpc) is 2.95. The second kappa shape index (κ2) is 6.79. The maximum Gasteiger partial charge on any atom is 0.315 e. The molecule has 2 amide bonds. The van der Waals surface area contributed by atoms with E-state index in [0.717, 1.165) is 29.5 Å². The van der Waals surface area contributed by atoms with Crippen LogP contribution in [0.2, 0.25) is 0 Å². The van der Waals surface area contributed by atoms with Crippen molar-refractivity contribution in [3.05, 3.63) is 71.0 Å². The van der Waals surface area contributed by atoms with Gasteiger partial charge >= 0.3 is 6.03 Å². The molecule has 1 aliphatic rings. The number of carbonyl (C=O) groups excluding carboxylic acids is 1. The summed E-state index contributed by atoms with van der Waals surface area (Å²) < 4.78 is 13.2. The first-order chi connectivity index (χ1) is 11.2. The maximum atomic E-state index is 13.2. The van der Waals surface area contributed by atoms with E-state index in [1.165, 1.54) is 12.1 Å². The number of fused-ring (bicyclic) bond motifs is 1. The number of benzene rings is 2. The predicted molar refractivity (Wildman–Crippen MR) is 85.4 cm³/mol. The number of hydrogen-bond acceptors (Lipinski definition) is 2. The molecule has 0 aliphatic heterocycles. The highest BCUT2D eigenvalue weighted by molar-refractivity contribution is 5.75. The van der Waals surface area contributed by atoms with Gasteiger partial charge in [-0.05, 0) is 41.7 Å². The molecule has 0 saturated heterocycles. The van der Waals surface area contributed by atoms with Crippen LogP contribution >= 0.6 is 0 Å². The highest BCUT2D eigenvalue weighted by atomic mass is 19.1. The first-order valence-corrected chi connectivity index (χ1v) is 7.68. The largest absolute Gasteiger partial charge is 0.394 e. The normalized spacial score (nSPS) is 17.4. The molecule has 4 nitrogen and oxygen atoms in total. The molecule has 3 rings (SSSR count). The smallest absolute Gasteiger partial charge is 0.315 e. The Labute approximate surface area is 134 Å². The van der Waals surface area contributed by atoms with Crippen LogP contribution < -0.4 is 10.6 Å². The highest BCUT2D eigenvalue weighted by Gasteiger charge is 2.25. The Bertz CT molecular complexity index is 691. The third kappa shape index (κ3) is 3.51. The van der Waals surface area contributed by atoms with Crippen molar-refractivity contribution >= 4 is 6.03 Å². The summed E-state index contributed by atoms with van der Waals surface area (Å²) in [6, 6.07) is 13.1. The second-order valence-electron chi connectivity index (χ2n) is 5.70. The van der Waals surface area contributed by atoms with Gasteiger partial charge in [-0.2, -0.15) is 0 Å². The molecule has 0 fully saturated rings. The number of aryl methyl sites for hydroxylation is 1. The van der Waals surface area contributed by atoms with E-state index in [-0.39, 0.29) is 24.5 Å². The monoisotopic (exact) mass is 314 g/mol. The van der Waals surface area contributed by atoms with Crippen LogP contribution in [0.4, 0.5) is 9.18 Å². The van der Waals surface area contributed by atoms with Crippen LogP contribution in [0, 0.1) is 5.82 Å². The van der Waals surface area contributed by atoms with Crippen molar-refractivity contribution in [3.8, 4) is 0 Å². The lowest BCUT2D eigenvalue weighted by atomic mass is 10.1. The van der Waals surface area contributed by atoms with Gasteiger partial charge in [0.15, 0.2) is 0 Å². The Morgan fingerprint density at radius 2 is 2.04 bits per heavy atom. The zero-order valence-electron chi connectivity index (χ0n) is 12.6. The molecule has 0 heterocycles. The van der Waals surface area contributed by atoms with Gasteiger partial charge in [-0.15, -0.1) is 0 Å². The van der Waals surface area contributed by atoms with Crippen molar-refractivity contribution in [1.82, 2.24) is 10.6 Å². The lowest BCUT2D eigenvalue weighted by Crippen LogP contribution is -2.40. The van der Waals surface area contributed by atoms with Crippen molar-refractivity contribution in [1.29, 1.82) is 0 Å². The summed E-state index contributed by atoms with van der Waals surface area (Å²) in [5.41, 5.74) is 2.75. The summed E-state index contributed by atoms with van der Waals surface area (Å²) in [6.07, 6.45) is 1.50. The van der Waals surface area contributed by atoms with Gasteiger partial charge in [0.2, 0.25) is 0 Å². The molecule has 0 bridgehead atoms. The molecule has 23 heavy (non-hydrogen) atoms. The summed E-state index contributed by atoms with van der Waals surface area (Å²) in [7, 11) is 0. The highest BCUT2D eigenvalue weighted by Crippen LogP contribution is 2.31. The van der Waals surface area contributed by atoms with Gasteiger partial charge in [-0.1, -0.05) is 36.4 Å². The van der Waals surface area contributed by atoms with Crippen LogP contribution in [0.15, 0.2) is 48.5 Å². The number of hydrogen-bond donors (Lipinski definition) is 3. The predicted octanol–water partition coefficient (Wildman–Crippen LogP) is 2.85. The zero-order valence-corrected chi connectivity index (χ0v) is 12.6. The van der Waals surface area contributed by atoms with Gasteiger partial charge in [0.1, 0.15) is 5.82 Å². The summed E-state index contributed by atoms with van der Waals surface area (Å²) in [4.78, 5) is 12.2. The van der Waals surface area contributed by atoms with E-state index in [4.69, 9.17) is 0 Å². The van der Waals surface area contributed by atoms with Gasteiger partial charge in [0.25, 0.3) is 0 Å². The van der Waals surface area contributed by atoms with E-state index in [1.54, 1.807) is 6.07 Å². The maximum absolute atomic E-state index is 13.2. The minimum absolute atomic E-state index is 0.124. The molecule has 2 aromatic carbocycles. The minimum atomic E-state index is -0.453. The van der Waals surface area contributed by atoms with E-state index in [2.05, 4.69) is 10.6 Å². The van der Waals surface area contributed by atoms with Gasteiger partial charge in [0, 0.05) is 0 Å². The molecule has 2 aromatic rings. The number of halogens is 1. The van der Waals surface area contributed by atoms with Crippen LogP contribution in [0.5, 0.6) is 0 Å². The SMILES string of the molecule is O=C(NC1CCc2cc(F)ccc21)N[C@H](CO)c1ccccc1. The van der Waals surface area contributed by atoms with Crippen LogP contribution in [0.1, 0.15) is 35.2 Å². The Hall–Kier alpha value is -2.40. The molecule has 1 aliphatic carbocycles. The van der Waals surface area contributed by atoms with Crippen molar-refractivity contribution in [2.24, 2.45) is 0 Å². The van der Waals surface area contributed by atoms with E-state index in [1.807, 2.05) is 30.3 Å². The van der Waals surface area contributed by atoms with E-state index in [0.29, 0.717) is 0 Å². The van der Waals surface area contributed by atoms with Gasteiger partial charge in [0.05, 0.1) is 18.7 Å². The van der Waals surface area contributed by atoms with E-state index >= 15 is 0 Å². The summed E-state index contributed by atoms with van der Waals surface area (Å²) in [5, 5.41) is 15.2. The molecule has 1 unspecified atom stereocenters. The third-order valence-corrected chi connectivity index (χ3v) is 4.18. The average molecular weight is 314 g/mol. The van der Waals surface area contributed by atoms with E-state index < -0.39 is 6.04 Å². The quantitative estimate of drug-likeness (QED) is 0.812. The van der Waals surface area contributed by atoms with Gasteiger partial charge in [-0.25, -0.2) is 9.18 Å². The summed E-state index contributed by atoms with van der Waals surface area (Å²) >= 11 is 0. The van der Waals surface area contributed by atoms with Crippen LogP contribution in [-0.2, 0) is 6.42 Å². The number of rotatable bonds is 4. The zero-order chi connectivity index (χ0) is 16.2. The molecule has 120 valence electrons. The molecule has 0 radical (unpaired) electrons. The number of aliphatic hydroxyl groups is 1. The molecule has 3 N–H and O–H groups in total. The molecular weight excluding hydrogens is 295 g/mol. The number of urea groups is 1. The Kier molecular flexibility index (Phi) is 4.57. The first kappa shape index (κ1) is 15.5. The summed E-state index contributed by atoms with van der Waals surface area (Å²) in [5.74, 6) is -0.252. The topological polar surface area (TPSA) is 61.4 Å². The van der Waals surface area contributed by atoms with Crippen LogP contribution in [0.3, 0.4) is 0 Å². The Balaban J connectivity index is 1.64. The minimum Gasteiger partial charge on any atom is -0.394 e. The fraction of sp³-hybridized carbons (Fsp3) is 0.278. The van der Waals surface area contributed by atoms with Crippen LogP contribution in [0.25, 0.3) is 0 Å². The fourth-order valence-electron chi connectivity index (χ4n) is 3.01. The van der Waals surface area contributed by atoms with E-state index in [9.17, 15) is 14.3 Å². The van der Waals surface area contributed by atoms with Gasteiger partial charge < -0.3 is 15.7 Å². The molecular formula is C18H19FN2O2. The summed E-state index contributed by atoms with van der Waals surface area (Å²) in [6.45, 7) is -0.177. The first-order valence-electron chi connectivity index (χ1n) is 7.68. The van der Waals surface area contributed by atoms with Gasteiger partial charge in [-0.3, -0.25) is 0 Å². The molecule has 0 spiro atoms.